The molecule has 0 bridgehead atoms. The van der Waals surface area contributed by atoms with Crippen molar-refractivity contribution in [2.45, 2.75) is 40.2 Å². The second kappa shape index (κ2) is 11.8. The normalized spacial score (nSPS) is 17.7. The molecule has 1 fully saturated rings. The van der Waals surface area contributed by atoms with Crippen LogP contribution in [0, 0.1) is 12.8 Å². The van der Waals surface area contributed by atoms with E-state index in [-0.39, 0.29) is 17.1 Å². The summed E-state index contributed by atoms with van der Waals surface area (Å²) < 4.78 is 23.6. The summed E-state index contributed by atoms with van der Waals surface area (Å²) >= 11 is 0. The van der Waals surface area contributed by atoms with Crippen molar-refractivity contribution in [2.75, 3.05) is 52.6 Å². The van der Waals surface area contributed by atoms with Gasteiger partial charge in [-0.15, -0.1) is 0 Å². The largest absolute Gasteiger partial charge is 0.490 e. The van der Waals surface area contributed by atoms with E-state index in [0.717, 1.165) is 30.6 Å². The molecule has 1 atom stereocenters. The van der Waals surface area contributed by atoms with E-state index in [1.807, 2.05) is 44.2 Å². The van der Waals surface area contributed by atoms with Crippen molar-refractivity contribution in [3.05, 3.63) is 69.1 Å². The maximum Gasteiger partial charge on any atom is 0.290 e. The first kappa shape index (κ1) is 27.2. The lowest BCUT2D eigenvalue weighted by molar-refractivity contribution is 0.0314. The monoisotopic (exact) mass is 534 g/mol. The summed E-state index contributed by atoms with van der Waals surface area (Å²) in [4.78, 5) is 31.8. The predicted octanol–water partition coefficient (Wildman–Crippen LogP) is 4.80. The van der Waals surface area contributed by atoms with Crippen molar-refractivity contribution in [3.63, 3.8) is 0 Å². The highest BCUT2D eigenvalue weighted by Crippen LogP contribution is 2.41. The number of morpholine rings is 1. The Bertz CT molecular complexity index is 1390. The van der Waals surface area contributed by atoms with Crippen LogP contribution in [0.25, 0.3) is 11.0 Å². The molecule has 2 aliphatic rings. The molecule has 0 N–H and O–H groups in total. The lowest BCUT2D eigenvalue weighted by Crippen LogP contribution is -2.42. The molecule has 39 heavy (non-hydrogen) atoms. The van der Waals surface area contributed by atoms with Crippen LogP contribution in [0.2, 0.25) is 0 Å². The molecule has 1 aromatic heterocycles. The summed E-state index contributed by atoms with van der Waals surface area (Å²) in [5, 5.41) is 0.486. The molecule has 8 nitrogen and oxygen atoms in total. The second-order valence-electron chi connectivity index (χ2n) is 10.7. The highest BCUT2D eigenvalue weighted by molar-refractivity contribution is 5.99. The van der Waals surface area contributed by atoms with Crippen LogP contribution in [0.15, 0.2) is 45.6 Å². The number of amides is 1. The fourth-order valence-electron chi connectivity index (χ4n) is 5.27. The van der Waals surface area contributed by atoms with Crippen LogP contribution in [-0.4, -0.2) is 68.3 Å². The average molecular weight is 535 g/mol. The van der Waals surface area contributed by atoms with Crippen LogP contribution in [0.3, 0.4) is 0 Å². The molecule has 3 heterocycles. The minimum Gasteiger partial charge on any atom is -0.490 e. The number of aryl methyl sites for hydroxylation is 1. The molecule has 1 unspecified atom stereocenters. The van der Waals surface area contributed by atoms with E-state index in [0.29, 0.717) is 73.5 Å². The third-order valence-electron chi connectivity index (χ3n) is 7.42. The molecule has 1 amide bonds. The van der Waals surface area contributed by atoms with Gasteiger partial charge in [-0.2, -0.15) is 0 Å². The van der Waals surface area contributed by atoms with E-state index in [2.05, 4.69) is 18.7 Å². The summed E-state index contributed by atoms with van der Waals surface area (Å²) in [5.41, 5.74) is 2.40. The summed E-state index contributed by atoms with van der Waals surface area (Å²) in [6.07, 6.45) is 0.931. The number of carbonyl (C=O) groups is 1. The minimum absolute atomic E-state index is 0.124. The lowest BCUT2D eigenvalue weighted by atomic mass is 9.97. The van der Waals surface area contributed by atoms with Crippen LogP contribution in [-0.2, 0) is 4.74 Å². The zero-order chi connectivity index (χ0) is 27.5. The number of hydrogen-bond acceptors (Lipinski definition) is 7. The number of carbonyl (C=O) groups excluding carboxylic acids is 1. The fourth-order valence-corrected chi connectivity index (χ4v) is 5.27. The van der Waals surface area contributed by atoms with Crippen molar-refractivity contribution in [2.24, 2.45) is 5.92 Å². The van der Waals surface area contributed by atoms with Gasteiger partial charge in [0, 0.05) is 26.2 Å². The number of rotatable bonds is 10. The molecule has 0 radical (unpaired) electrons. The van der Waals surface area contributed by atoms with E-state index in [4.69, 9.17) is 18.6 Å². The maximum atomic E-state index is 13.9. The third kappa shape index (κ3) is 5.68. The van der Waals surface area contributed by atoms with Gasteiger partial charge in [0.2, 0.25) is 5.76 Å². The highest BCUT2D eigenvalue weighted by atomic mass is 16.5. The Morgan fingerprint density at radius 2 is 1.79 bits per heavy atom. The van der Waals surface area contributed by atoms with E-state index < -0.39 is 6.04 Å². The van der Waals surface area contributed by atoms with Crippen molar-refractivity contribution >= 4 is 16.9 Å². The van der Waals surface area contributed by atoms with Gasteiger partial charge in [0.1, 0.15) is 5.58 Å². The lowest BCUT2D eigenvalue weighted by Gasteiger charge is -2.31. The maximum absolute atomic E-state index is 13.9. The number of fused-ring (bicyclic) bond motifs is 2. The Hall–Kier alpha value is -3.36. The van der Waals surface area contributed by atoms with Gasteiger partial charge in [0.05, 0.1) is 43.4 Å². The standard InChI is InChI=1S/C31H38N2O6/c1-5-37-26-19-22(7-9-25(26)38-15-10-20(2)3)28-27-29(34)23-18-21(4)6-8-24(23)39-30(27)31(35)33(28)12-11-32-13-16-36-17-14-32/h6-9,18-20,28H,5,10-17H2,1-4H3. The number of ether oxygens (including phenoxy) is 3. The van der Waals surface area contributed by atoms with Gasteiger partial charge >= 0.3 is 0 Å². The summed E-state index contributed by atoms with van der Waals surface area (Å²) in [7, 11) is 0. The Morgan fingerprint density at radius 3 is 2.54 bits per heavy atom. The number of benzene rings is 2. The van der Waals surface area contributed by atoms with Crippen molar-refractivity contribution < 1.29 is 23.4 Å². The number of nitrogens with zero attached hydrogens (tertiary/aromatic N) is 2. The molecule has 1 saturated heterocycles. The average Bonchev–Trinajstić information content (AvgIpc) is 3.20. The van der Waals surface area contributed by atoms with Gasteiger partial charge in [-0.1, -0.05) is 31.5 Å². The molecule has 0 spiro atoms. The van der Waals surface area contributed by atoms with Gasteiger partial charge in [0.25, 0.3) is 5.91 Å². The zero-order valence-electron chi connectivity index (χ0n) is 23.3. The van der Waals surface area contributed by atoms with E-state index in [1.165, 1.54) is 0 Å². The Morgan fingerprint density at radius 1 is 1.00 bits per heavy atom. The first-order valence-electron chi connectivity index (χ1n) is 13.9. The van der Waals surface area contributed by atoms with Crippen molar-refractivity contribution in [3.8, 4) is 11.5 Å². The molecular weight excluding hydrogens is 496 g/mol. The van der Waals surface area contributed by atoms with Crippen LogP contribution in [0.4, 0.5) is 0 Å². The van der Waals surface area contributed by atoms with Crippen molar-refractivity contribution in [1.82, 2.24) is 9.80 Å². The molecule has 0 aliphatic carbocycles. The topological polar surface area (TPSA) is 81.5 Å². The van der Waals surface area contributed by atoms with E-state index in [1.54, 1.807) is 11.0 Å². The Labute approximate surface area is 229 Å². The first-order chi connectivity index (χ1) is 18.9. The molecule has 8 heteroatoms. The van der Waals surface area contributed by atoms with Gasteiger partial charge in [0.15, 0.2) is 16.9 Å². The quantitative estimate of drug-likeness (QED) is 0.370. The van der Waals surface area contributed by atoms with Gasteiger partial charge in [-0.25, -0.2) is 0 Å². The number of hydrogen-bond donors (Lipinski definition) is 0. The minimum atomic E-state index is -0.585. The van der Waals surface area contributed by atoms with E-state index in [9.17, 15) is 9.59 Å². The molecule has 2 aliphatic heterocycles. The van der Waals surface area contributed by atoms with Gasteiger partial charge < -0.3 is 23.5 Å². The predicted molar refractivity (Wildman–Crippen MR) is 150 cm³/mol. The molecule has 0 saturated carbocycles. The first-order valence-corrected chi connectivity index (χ1v) is 13.9. The van der Waals surface area contributed by atoms with Gasteiger partial charge in [-0.05, 0) is 56.0 Å². The molecule has 3 aromatic rings. The van der Waals surface area contributed by atoms with Crippen LogP contribution in [0.5, 0.6) is 11.5 Å². The summed E-state index contributed by atoms with van der Waals surface area (Å²) in [5.74, 6) is 1.65. The molecule has 2 aromatic carbocycles. The third-order valence-corrected chi connectivity index (χ3v) is 7.42. The summed E-state index contributed by atoms with van der Waals surface area (Å²) in [6.45, 7) is 13.4. The second-order valence-corrected chi connectivity index (χ2v) is 10.7. The van der Waals surface area contributed by atoms with Crippen molar-refractivity contribution in [1.29, 1.82) is 0 Å². The smallest absolute Gasteiger partial charge is 0.290 e. The van der Waals surface area contributed by atoms with Crippen LogP contribution >= 0.6 is 0 Å². The SMILES string of the molecule is CCOc1cc(C2c3c(oc4ccc(C)cc4c3=O)C(=O)N2CCN2CCOCC2)ccc1OCCC(C)C. The Kier molecular flexibility index (Phi) is 8.23. The molecular formula is C31H38N2O6. The fraction of sp³-hybridized carbons (Fsp3) is 0.484. The highest BCUT2D eigenvalue weighted by Gasteiger charge is 2.43. The molecule has 5 rings (SSSR count). The van der Waals surface area contributed by atoms with Gasteiger partial charge in [-0.3, -0.25) is 14.5 Å². The van der Waals surface area contributed by atoms with E-state index >= 15 is 0 Å². The zero-order valence-corrected chi connectivity index (χ0v) is 23.3. The van der Waals surface area contributed by atoms with Crippen LogP contribution < -0.4 is 14.9 Å². The van der Waals surface area contributed by atoms with Crippen LogP contribution in [0.1, 0.15) is 60.5 Å². The summed E-state index contributed by atoms with van der Waals surface area (Å²) in [6, 6.07) is 10.6. The Balaban J connectivity index is 1.56. The molecule has 208 valence electrons.